The van der Waals surface area contributed by atoms with E-state index >= 15 is 0 Å². The van der Waals surface area contributed by atoms with Crippen molar-refractivity contribution in [2.24, 2.45) is 10.8 Å². The SMILES string of the molecule is CC(C)(C)CC(C)(C)NC(=O)NCC1(CC(=O)O)CCC1. The van der Waals surface area contributed by atoms with Gasteiger partial charge < -0.3 is 15.7 Å². The second-order valence-electron chi connectivity index (χ2n) is 8.35. The molecule has 0 aromatic rings. The lowest BCUT2D eigenvalue weighted by Gasteiger charge is -2.41. The van der Waals surface area contributed by atoms with Gasteiger partial charge in [0.1, 0.15) is 0 Å². The molecule has 21 heavy (non-hydrogen) atoms. The van der Waals surface area contributed by atoms with Crippen molar-refractivity contribution >= 4 is 12.0 Å². The van der Waals surface area contributed by atoms with Gasteiger partial charge in [-0.15, -0.1) is 0 Å². The number of carboxylic acids is 1. The molecule has 1 aliphatic rings. The maximum Gasteiger partial charge on any atom is 0.315 e. The average Bonchev–Trinajstić information content (AvgIpc) is 2.16. The van der Waals surface area contributed by atoms with E-state index in [1.165, 1.54) is 0 Å². The van der Waals surface area contributed by atoms with Gasteiger partial charge in [-0.05, 0) is 43.9 Å². The monoisotopic (exact) mass is 298 g/mol. The quantitative estimate of drug-likeness (QED) is 0.705. The molecule has 0 heterocycles. The van der Waals surface area contributed by atoms with E-state index in [1.54, 1.807) is 0 Å². The number of carbonyl (C=O) groups is 2. The van der Waals surface area contributed by atoms with Crippen molar-refractivity contribution in [3.63, 3.8) is 0 Å². The van der Waals surface area contributed by atoms with Gasteiger partial charge in [-0.3, -0.25) is 4.79 Å². The Hall–Kier alpha value is -1.26. The number of rotatable bonds is 6. The minimum atomic E-state index is -0.787. The number of carbonyl (C=O) groups excluding carboxylic acids is 1. The van der Waals surface area contributed by atoms with E-state index in [2.05, 4.69) is 31.4 Å². The summed E-state index contributed by atoms with van der Waals surface area (Å²) in [5.74, 6) is -0.787. The van der Waals surface area contributed by atoms with Crippen LogP contribution in [0.3, 0.4) is 0 Å². The van der Waals surface area contributed by atoms with Gasteiger partial charge in [-0.25, -0.2) is 4.79 Å². The number of hydrogen-bond acceptors (Lipinski definition) is 2. The molecule has 0 bridgehead atoms. The van der Waals surface area contributed by atoms with Crippen LogP contribution in [0.4, 0.5) is 4.79 Å². The van der Waals surface area contributed by atoms with Crippen molar-refractivity contribution < 1.29 is 14.7 Å². The molecule has 2 amide bonds. The van der Waals surface area contributed by atoms with E-state index in [1.807, 2.05) is 13.8 Å². The predicted octanol–water partition coefficient (Wildman–Crippen LogP) is 3.15. The summed E-state index contributed by atoms with van der Waals surface area (Å²) >= 11 is 0. The number of amides is 2. The van der Waals surface area contributed by atoms with Crippen molar-refractivity contribution in [2.45, 2.75) is 72.3 Å². The molecule has 0 atom stereocenters. The van der Waals surface area contributed by atoms with Crippen LogP contribution in [0.15, 0.2) is 0 Å². The molecule has 122 valence electrons. The lowest BCUT2D eigenvalue weighted by molar-refractivity contribution is -0.141. The number of aliphatic carboxylic acids is 1. The number of nitrogens with one attached hydrogen (secondary N) is 2. The molecule has 1 rings (SSSR count). The highest BCUT2D eigenvalue weighted by Crippen LogP contribution is 2.43. The largest absolute Gasteiger partial charge is 0.481 e. The molecular weight excluding hydrogens is 268 g/mol. The summed E-state index contributed by atoms with van der Waals surface area (Å²) in [6.45, 7) is 10.9. The molecule has 0 spiro atoms. The zero-order valence-corrected chi connectivity index (χ0v) is 14.0. The predicted molar refractivity (Wildman–Crippen MR) is 83.2 cm³/mol. The molecule has 0 unspecified atom stereocenters. The highest BCUT2D eigenvalue weighted by atomic mass is 16.4. The van der Waals surface area contributed by atoms with Crippen LogP contribution >= 0.6 is 0 Å². The molecule has 1 fully saturated rings. The first-order valence-corrected chi connectivity index (χ1v) is 7.71. The topological polar surface area (TPSA) is 78.4 Å². The van der Waals surface area contributed by atoms with Crippen molar-refractivity contribution in [1.29, 1.82) is 0 Å². The molecule has 5 nitrogen and oxygen atoms in total. The fraction of sp³-hybridized carbons (Fsp3) is 0.875. The van der Waals surface area contributed by atoms with Crippen LogP contribution in [0.1, 0.15) is 66.7 Å². The standard InChI is InChI=1S/C16H30N2O3/c1-14(2,3)10-15(4,5)18-13(21)17-11-16(7-6-8-16)9-12(19)20/h6-11H2,1-5H3,(H,19,20)(H2,17,18,21). The van der Waals surface area contributed by atoms with Gasteiger partial charge in [-0.2, -0.15) is 0 Å². The van der Waals surface area contributed by atoms with E-state index in [-0.39, 0.29) is 28.8 Å². The summed E-state index contributed by atoms with van der Waals surface area (Å²) in [4.78, 5) is 23.0. The van der Waals surface area contributed by atoms with E-state index in [0.717, 1.165) is 25.7 Å². The zero-order valence-electron chi connectivity index (χ0n) is 14.0. The first-order valence-electron chi connectivity index (χ1n) is 7.71. The first kappa shape index (κ1) is 17.8. The smallest absolute Gasteiger partial charge is 0.315 e. The van der Waals surface area contributed by atoms with E-state index in [4.69, 9.17) is 5.11 Å². The second kappa shape index (κ2) is 6.24. The molecule has 5 heteroatoms. The number of hydrogen-bond donors (Lipinski definition) is 3. The molecular formula is C16H30N2O3. The Morgan fingerprint density at radius 2 is 1.71 bits per heavy atom. The molecule has 0 aromatic carbocycles. The highest BCUT2D eigenvalue weighted by molar-refractivity contribution is 5.75. The van der Waals surface area contributed by atoms with Gasteiger partial charge in [0.25, 0.3) is 0 Å². The van der Waals surface area contributed by atoms with Crippen LogP contribution in [-0.4, -0.2) is 29.2 Å². The molecule has 1 aliphatic carbocycles. The molecule has 0 aliphatic heterocycles. The van der Waals surface area contributed by atoms with Crippen LogP contribution in [-0.2, 0) is 4.79 Å². The summed E-state index contributed by atoms with van der Waals surface area (Å²) in [5, 5.41) is 14.8. The maximum absolute atomic E-state index is 12.0. The Balaban J connectivity index is 2.45. The summed E-state index contributed by atoms with van der Waals surface area (Å²) < 4.78 is 0. The van der Waals surface area contributed by atoms with Crippen LogP contribution in [0.5, 0.6) is 0 Å². The Labute approximate surface area is 127 Å². The third kappa shape index (κ3) is 6.36. The van der Waals surface area contributed by atoms with Gasteiger partial charge in [0.15, 0.2) is 0 Å². The van der Waals surface area contributed by atoms with Crippen molar-refractivity contribution in [2.75, 3.05) is 6.54 Å². The molecule has 0 aromatic heterocycles. The van der Waals surface area contributed by atoms with E-state index in [9.17, 15) is 9.59 Å². The Bertz CT molecular complexity index is 393. The van der Waals surface area contributed by atoms with Gasteiger partial charge in [0, 0.05) is 12.1 Å². The number of carboxylic acid groups (broad SMARTS) is 1. The first-order chi connectivity index (χ1) is 9.43. The Morgan fingerprint density at radius 1 is 1.14 bits per heavy atom. The van der Waals surface area contributed by atoms with Crippen LogP contribution in [0.2, 0.25) is 0 Å². The molecule has 1 saturated carbocycles. The summed E-state index contributed by atoms with van der Waals surface area (Å²) in [6.07, 6.45) is 3.81. The second-order valence-corrected chi connectivity index (χ2v) is 8.35. The summed E-state index contributed by atoms with van der Waals surface area (Å²) in [7, 11) is 0. The lowest BCUT2D eigenvalue weighted by Crippen LogP contribution is -2.53. The average molecular weight is 298 g/mol. The molecule has 3 N–H and O–H groups in total. The third-order valence-electron chi connectivity index (χ3n) is 3.99. The van der Waals surface area contributed by atoms with Gasteiger partial charge >= 0.3 is 12.0 Å². The zero-order chi connectivity index (χ0) is 16.3. The maximum atomic E-state index is 12.0. The fourth-order valence-electron chi connectivity index (χ4n) is 3.40. The minimum Gasteiger partial charge on any atom is -0.481 e. The van der Waals surface area contributed by atoms with Gasteiger partial charge in [0.05, 0.1) is 6.42 Å². The van der Waals surface area contributed by atoms with Crippen molar-refractivity contribution in [1.82, 2.24) is 10.6 Å². The third-order valence-corrected chi connectivity index (χ3v) is 3.99. The summed E-state index contributed by atoms with van der Waals surface area (Å²) in [5.41, 5.74) is -0.394. The number of urea groups is 1. The normalized spacial score (nSPS) is 17.8. The highest BCUT2D eigenvalue weighted by Gasteiger charge is 2.39. The van der Waals surface area contributed by atoms with Crippen LogP contribution in [0, 0.1) is 10.8 Å². The van der Waals surface area contributed by atoms with E-state index < -0.39 is 5.97 Å². The van der Waals surface area contributed by atoms with Gasteiger partial charge in [-0.1, -0.05) is 27.2 Å². The van der Waals surface area contributed by atoms with E-state index in [0.29, 0.717) is 6.54 Å². The summed E-state index contributed by atoms with van der Waals surface area (Å²) in [6, 6.07) is -0.207. The molecule has 0 saturated heterocycles. The van der Waals surface area contributed by atoms with Crippen LogP contribution < -0.4 is 10.6 Å². The Morgan fingerprint density at radius 3 is 2.10 bits per heavy atom. The lowest BCUT2D eigenvalue weighted by atomic mass is 9.66. The van der Waals surface area contributed by atoms with Crippen LogP contribution in [0.25, 0.3) is 0 Å². The Kier molecular flexibility index (Phi) is 5.29. The van der Waals surface area contributed by atoms with Crippen molar-refractivity contribution in [3.8, 4) is 0 Å². The molecule has 0 radical (unpaired) electrons. The fourth-order valence-corrected chi connectivity index (χ4v) is 3.40. The minimum absolute atomic E-state index is 0.134. The van der Waals surface area contributed by atoms with Crippen molar-refractivity contribution in [3.05, 3.63) is 0 Å². The van der Waals surface area contributed by atoms with Gasteiger partial charge in [0.2, 0.25) is 0 Å².